The molecule has 0 amide bonds. The number of benzene rings is 2. The van der Waals surface area contributed by atoms with Crippen molar-refractivity contribution in [2.24, 2.45) is 4.99 Å². The quantitative estimate of drug-likeness (QED) is 0.432. The first-order valence-corrected chi connectivity index (χ1v) is 9.05. The van der Waals surface area contributed by atoms with Gasteiger partial charge in [-0.25, -0.2) is 4.39 Å². The van der Waals surface area contributed by atoms with Gasteiger partial charge in [0, 0.05) is 48.9 Å². The molecule has 148 valence electrons. The smallest absolute Gasteiger partial charge is 0.191 e. The molecular weight excluding hydrogens is 359 g/mol. The van der Waals surface area contributed by atoms with Crippen LogP contribution in [-0.2, 0) is 13.0 Å². The summed E-state index contributed by atoms with van der Waals surface area (Å²) < 4.78 is 23.9. The van der Waals surface area contributed by atoms with Gasteiger partial charge in [0.2, 0.25) is 0 Å². The summed E-state index contributed by atoms with van der Waals surface area (Å²) in [5, 5.41) is 7.62. The summed E-state index contributed by atoms with van der Waals surface area (Å²) in [6.45, 7) is 1.27. The molecule has 6 nitrogen and oxygen atoms in total. The zero-order valence-corrected chi connectivity index (χ0v) is 16.3. The van der Waals surface area contributed by atoms with Crippen molar-refractivity contribution in [2.45, 2.75) is 13.0 Å². The third-order valence-electron chi connectivity index (χ3n) is 4.58. The van der Waals surface area contributed by atoms with E-state index in [1.54, 1.807) is 27.3 Å². The summed E-state index contributed by atoms with van der Waals surface area (Å²) in [7, 11) is 5.00. The topological polar surface area (TPSA) is 70.7 Å². The lowest BCUT2D eigenvalue weighted by Crippen LogP contribution is -2.37. The van der Waals surface area contributed by atoms with Crippen molar-refractivity contribution in [3.63, 3.8) is 0 Å². The van der Waals surface area contributed by atoms with Crippen molar-refractivity contribution < 1.29 is 13.9 Å². The van der Waals surface area contributed by atoms with E-state index in [9.17, 15) is 4.39 Å². The number of hydrogen-bond acceptors (Lipinski definition) is 3. The van der Waals surface area contributed by atoms with Gasteiger partial charge in [-0.15, -0.1) is 0 Å². The molecular formula is C21H25FN4O2. The SMILES string of the molecule is CN=C(NCCc1c[nH]c2cc(F)ccc12)NCc1ccc(OC)cc1OC. The number of H-pyrrole nitrogens is 1. The van der Waals surface area contributed by atoms with Crippen LogP contribution in [0.5, 0.6) is 11.5 Å². The van der Waals surface area contributed by atoms with Crippen molar-refractivity contribution in [3.05, 3.63) is 59.5 Å². The molecule has 7 heteroatoms. The van der Waals surface area contributed by atoms with Crippen LogP contribution in [0.3, 0.4) is 0 Å². The monoisotopic (exact) mass is 384 g/mol. The van der Waals surface area contributed by atoms with Gasteiger partial charge in [0.05, 0.1) is 14.2 Å². The van der Waals surface area contributed by atoms with Crippen LogP contribution >= 0.6 is 0 Å². The highest BCUT2D eigenvalue weighted by Crippen LogP contribution is 2.24. The lowest BCUT2D eigenvalue weighted by molar-refractivity contribution is 0.390. The van der Waals surface area contributed by atoms with Crippen LogP contribution < -0.4 is 20.1 Å². The Morgan fingerprint density at radius 3 is 2.68 bits per heavy atom. The maximum atomic E-state index is 13.3. The average Bonchev–Trinajstić information content (AvgIpc) is 3.12. The summed E-state index contributed by atoms with van der Waals surface area (Å²) in [4.78, 5) is 7.37. The first-order valence-electron chi connectivity index (χ1n) is 9.05. The van der Waals surface area contributed by atoms with E-state index < -0.39 is 0 Å². The Labute approximate surface area is 163 Å². The summed E-state index contributed by atoms with van der Waals surface area (Å²) in [6, 6.07) is 10.5. The molecule has 28 heavy (non-hydrogen) atoms. The number of rotatable bonds is 7. The Balaban J connectivity index is 1.55. The number of methoxy groups -OCH3 is 2. The molecule has 0 bridgehead atoms. The molecule has 3 N–H and O–H groups in total. The van der Waals surface area contributed by atoms with Crippen molar-refractivity contribution in [2.75, 3.05) is 27.8 Å². The van der Waals surface area contributed by atoms with Gasteiger partial charge in [0.15, 0.2) is 5.96 Å². The van der Waals surface area contributed by atoms with Crippen LogP contribution in [0.15, 0.2) is 47.6 Å². The predicted molar refractivity (Wildman–Crippen MR) is 110 cm³/mol. The van der Waals surface area contributed by atoms with Crippen molar-refractivity contribution >= 4 is 16.9 Å². The first-order chi connectivity index (χ1) is 13.6. The van der Waals surface area contributed by atoms with E-state index in [4.69, 9.17) is 9.47 Å². The van der Waals surface area contributed by atoms with Crippen LogP contribution in [0.2, 0.25) is 0 Å². The van der Waals surface area contributed by atoms with Gasteiger partial charge >= 0.3 is 0 Å². The largest absolute Gasteiger partial charge is 0.497 e. The van der Waals surface area contributed by atoms with Crippen LogP contribution in [0.25, 0.3) is 10.9 Å². The molecule has 3 aromatic rings. The molecule has 3 rings (SSSR count). The molecule has 0 aliphatic heterocycles. The van der Waals surface area contributed by atoms with Crippen LogP contribution in [-0.4, -0.2) is 38.8 Å². The Bertz CT molecular complexity index is 968. The van der Waals surface area contributed by atoms with E-state index in [2.05, 4.69) is 20.6 Å². The number of fused-ring (bicyclic) bond motifs is 1. The number of nitrogens with one attached hydrogen (secondary N) is 3. The Morgan fingerprint density at radius 1 is 1.07 bits per heavy atom. The highest BCUT2D eigenvalue weighted by molar-refractivity contribution is 5.83. The molecule has 0 aliphatic rings. The van der Waals surface area contributed by atoms with Gasteiger partial charge in [-0.05, 0) is 42.3 Å². The maximum absolute atomic E-state index is 13.3. The minimum atomic E-state index is -0.238. The van der Waals surface area contributed by atoms with Crippen molar-refractivity contribution in [1.29, 1.82) is 0 Å². The van der Waals surface area contributed by atoms with Crippen LogP contribution in [0.4, 0.5) is 4.39 Å². The van der Waals surface area contributed by atoms with Gasteiger partial charge in [-0.3, -0.25) is 4.99 Å². The van der Waals surface area contributed by atoms with E-state index in [0.717, 1.165) is 39.9 Å². The van der Waals surface area contributed by atoms with Crippen LogP contribution in [0.1, 0.15) is 11.1 Å². The summed E-state index contributed by atoms with van der Waals surface area (Å²) in [5.41, 5.74) is 2.95. The first kappa shape index (κ1) is 19.5. The predicted octanol–water partition coefficient (Wildman–Crippen LogP) is 3.23. The van der Waals surface area contributed by atoms with Gasteiger partial charge < -0.3 is 25.1 Å². The number of ether oxygens (including phenoxy) is 2. The minimum absolute atomic E-state index is 0.238. The lowest BCUT2D eigenvalue weighted by Gasteiger charge is -2.14. The average molecular weight is 384 g/mol. The molecule has 0 unspecified atom stereocenters. The van der Waals surface area contributed by atoms with Crippen LogP contribution in [0, 0.1) is 5.82 Å². The Hall–Kier alpha value is -3.22. The highest BCUT2D eigenvalue weighted by Gasteiger charge is 2.07. The zero-order chi connectivity index (χ0) is 19.9. The molecule has 1 heterocycles. The number of aromatic nitrogens is 1. The normalized spacial score (nSPS) is 11.5. The maximum Gasteiger partial charge on any atom is 0.191 e. The molecule has 0 spiro atoms. The molecule has 0 aliphatic carbocycles. The standard InChI is InChI=1S/C21H25FN4O2/c1-23-21(26-13-15-4-6-17(27-2)11-20(15)28-3)24-9-8-14-12-25-19-10-16(22)5-7-18(14)19/h4-7,10-12,25H,8-9,13H2,1-3H3,(H2,23,24,26). The lowest BCUT2D eigenvalue weighted by atomic mass is 10.1. The number of halogens is 1. The second-order valence-electron chi connectivity index (χ2n) is 6.28. The molecule has 1 aromatic heterocycles. The fraction of sp³-hybridized carbons (Fsp3) is 0.286. The number of nitrogens with zero attached hydrogens (tertiary/aromatic N) is 1. The third kappa shape index (κ3) is 4.54. The minimum Gasteiger partial charge on any atom is -0.497 e. The number of hydrogen-bond donors (Lipinski definition) is 3. The van der Waals surface area contributed by atoms with Crippen molar-refractivity contribution in [1.82, 2.24) is 15.6 Å². The zero-order valence-electron chi connectivity index (χ0n) is 16.3. The van der Waals surface area contributed by atoms with E-state index >= 15 is 0 Å². The van der Waals surface area contributed by atoms with Gasteiger partial charge in [0.1, 0.15) is 17.3 Å². The van der Waals surface area contributed by atoms with Gasteiger partial charge in [-0.2, -0.15) is 0 Å². The van der Waals surface area contributed by atoms with E-state index in [0.29, 0.717) is 19.0 Å². The second-order valence-corrected chi connectivity index (χ2v) is 6.28. The van der Waals surface area contributed by atoms with E-state index in [1.165, 1.54) is 12.1 Å². The molecule has 0 fully saturated rings. The van der Waals surface area contributed by atoms with E-state index in [-0.39, 0.29) is 5.82 Å². The third-order valence-corrected chi connectivity index (χ3v) is 4.58. The molecule has 0 saturated heterocycles. The second kappa shape index (κ2) is 9.12. The number of aromatic amines is 1. The Kier molecular flexibility index (Phi) is 6.37. The fourth-order valence-electron chi connectivity index (χ4n) is 3.08. The Morgan fingerprint density at radius 2 is 1.93 bits per heavy atom. The number of aliphatic imine (C=N–C) groups is 1. The summed E-state index contributed by atoms with van der Waals surface area (Å²) >= 11 is 0. The fourth-order valence-corrected chi connectivity index (χ4v) is 3.08. The molecule has 2 aromatic carbocycles. The molecule has 0 atom stereocenters. The van der Waals surface area contributed by atoms with Gasteiger partial charge in [-0.1, -0.05) is 0 Å². The number of guanidine groups is 1. The molecule has 0 radical (unpaired) electrons. The highest BCUT2D eigenvalue weighted by atomic mass is 19.1. The summed E-state index contributed by atoms with van der Waals surface area (Å²) in [5.74, 6) is 1.97. The van der Waals surface area contributed by atoms with E-state index in [1.807, 2.05) is 24.4 Å². The van der Waals surface area contributed by atoms with Gasteiger partial charge in [0.25, 0.3) is 0 Å². The van der Waals surface area contributed by atoms with Crippen molar-refractivity contribution in [3.8, 4) is 11.5 Å². The summed E-state index contributed by atoms with van der Waals surface area (Å²) in [6.07, 6.45) is 2.71. The molecule has 0 saturated carbocycles.